The Kier molecular flexibility index (Phi) is 55.0. The largest absolute Gasteiger partial charge is 0.395 e. The summed E-state index contributed by atoms with van der Waals surface area (Å²) in [5, 5.41) is 24.3. The monoisotopic (exact) mass is 789 g/mol. The minimum absolute atomic E-state index is 0.0520. The van der Waals surface area contributed by atoms with E-state index in [4.69, 9.17) is 10.2 Å². The number of aliphatic hydroxyl groups is 2. The summed E-state index contributed by atoms with van der Waals surface area (Å²) in [6.07, 6.45) is 47.7. The Morgan fingerprint density at radius 3 is 1.14 bits per heavy atom. The van der Waals surface area contributed by atoms with Crippen LogP contribution in [0, 0.1) is 0 Å². The SMILES string of the molecule is CCCCCCCC/C=C\CCCCCCCCN(CB=O)CCN(CB=O)CCO.CCCCCCCC/C=C\CCCCCCCCNCCNCCO. The molecule has 0 aliphatic heterocycles. The maximum atomic E-state index is 10.9. The van der Waals surface area contributed by atoms with Crippen LogP contribution in [0.1, 0.15) is 194 Å². The molecule has 0 rings (SSSR count). The Morgan fingerprint density at radius 1 is 0.393 bits per heavy atom. The van der Waals surface area contributed by atoms with Crippen LogP contribution < -0.4 is 10.6 Å². The fourth-order valence-electron chi connectivity index (χ4n) is 6.81. The zero-order valence-electron chi connectivity index (χ0n) is 37.4. The molecule has 0 amide bonds. The van der Waals surface area contributed by atoms with Gasteiger partial charge in [-0.3, -0.25) is 0 Å². The third kappa shape index (κ3) is 51.0. The van der Waals surface area contributed by atoms with Crippen molar-refractivity contribution in [3.63, 3.8) is 0 Å². The summed E-state index contributed by atoms with van der Waals surface area (Å²) in [4.78, 5) is 4.07. The van der Waals surface area contributed by atoms with Crippen molar-refractivity contribution in [2.24, 2.45) is 0 Å². The van der Waals surface area contributed by atoms with Crippen molar-refractivity contribution >= 4 is 14.3 Å². The number of aliphatic hydroxyl groups excluding tert-OH is 2. The molecule has 10 heteroatoms. The van der Waals surface area contributed by atoms with Gasteiger partial charge in [0.25, 0.3) is 0 Å². The van der Waals surface area contributed by atoms with E-state index in [1.54, 1.807) is 0 Å². The van der Waals surface area contributed by atoms with Crippen molar-refractivity contribution in [3.8, 4) is 0 Å². The number of nitrogens with one attached hydrogen (secondary N) is 2. The second kappa shape index (κ2) is 54.0. The quantitative estimate of drug-likeness (QED) is 0.0275. The van der Waals surface area contributed by atoms with Gasteiger partial charge in [0.1, 0.15) is 0 Å². The molecule has 0 atom stereocenters. The standard InChI is InChI=1S/C24H48B2N2O3.C22H46N2O/c1-2-3-4-5-6-7-8-9-10-11-12-13-14-15-16-17-18-27(23-25-30)19-20-28(21-22-29)24-26-31;1-2-3-4-5-6-7-8-9-10-11-12-13-14-15-16-17-18-23-19-20-24-21-22-25/h9-10,29H,2-8,11-24H2,1H3;9-10,23-25H,2-8,11-22H2,1H3/b2*10-9-. The molecule has 328 valence electrons. The van der Waals surface area contributed by atoms with Crippen molar-refractivity contribution < 1.29 is 19.6 Å². The third-order valence-electron chi connectivity index (χ3n) is 10.4. The van der Waals surface area contributed by atoms with Gasteiger partial charge in [-0.25, -0.2) is 0 Å². The van der Waals surface area contributed by atoms with E-state index in [0.717, 1.165) is 53.4 Å². The van der Waals surface area contributed by atoms with E-state index >= 15 is 0 Å². The molecule has 0 saturated heterocycles. The first kappa shape index (κ1) is 57.1. The van der Waals surface area contributed by atoms with E-state index in [9.17, 15) is 9.41 Å². The zero-order valence-corrected chi connectivity index (χ0v) is 37.4. The van der Waals surface area contributed by atoms with Gasteiger partial charge in [-0.2, -0.15) is 0 Å². The van der Waals surface area contributed by atoms with Gasteiger partial charge in [-0.1, -0.05) is 116 Å². The third-order valence-corrected chi connectivity index (χ3v) is 10.4. The molecule has 56 heavy (non-hydrogen) atoms. The molecule has 0 heterocycles. The summed E-state index contributed by atoms with van der Waals surface area (Å²) >= 11 is 0. The molecule has 0 spiro atoms. The van der Waals surface area contributed by atoms with Crippen molar-refractivity contribution in [1.82, 2.24) is 20.4 Å². The van der Waals surface area contributed by atoms with Crippen LogP contribution in [0.4, 0.5) is 0 Å². The molecule has 0 aromatic heterocycles. The predicted octanol–water partition coefficient (Wildman–Crippen LogP) is 9.83. The van der Waals surface area contributed by atoms with Gasteiger partial charge < -0.3 is 15.7 Å². The van der Waals surface area contributed by atoms with Gasteiger partial charge in [0.15, 0.2) is 0 Å². The van der Waals surface area contributed by atoms with Gasteiger partial charge in [-0.15, -0.1) is 0 Å². The maximum Gasteiger partial charge on any atom is 0.0555 e. The average Bonchev–Trinajstić information content (AvgIpc) is 3.20. The van der Waals surface area contributed by atoms with Crippen LogP contribution in [-0.2, 0) is 9.41 Å². The van der Waals surface area contributed by atoms with E-state index in [0.29, 0.717) is 32.5 Å². The second-order valence-electron chi connectivity index (χ2n) is 15.8. The first-order chi connectivity index (χ1) is 27.7. The van der Waals surface area contributed by atoms with Crippen LogP contribution in [0.2, 0.25) is 0 Å². The fourth-order valence-corrected chi connectivity index (χ4v) is 6.81. The van der Waals surface area contributed by atoms with Gasteiger partial charge in [-0.05, 0) is 51.5 Å². The molecular weight excluding hydrogens is 694 g/mol. The molecule has 0 saturated carbocycles. The zero-order chi connectivity index (χ0) is 41.1. The fraction of sp³-hybridized carbons (Fsp3) is 0.913. The van der Waals surface area contributed by atoms with Crippen LogP contribution in [0.25, 0.3) is 0 Å². The summed E-state index contributed by atoms with van der Waals surface area (Å²) in [6.45, 7) is 11.5. The number of allylic oxidation sites excluding steroid dienone is 4. The van der Waals surface area contributed by atoms with Crippen LogP contribution in [-0.4, -0.2) is 113 Å². The molecule has 0 aliphatic rings. The molecule has 0 aromatic carbocycles. The number of nitrogens with zero attached hydrogens (tertiary/aromatic N) is 2. The normalized spacial score (nSPS) is 11.5. The van der Waals surface area contributed by atoms with Crippen LogP contribution >= 0.6 is 0 Å². The Balaban J connectivity index is 0. The molecule has 0 bridgehead atoms. The van der Waals surface area contributed by atoms with E-state index in [1.807, 2.05) is 4.90 Å². The minimum Gasteiger partial charge on any atom is -0.395 e. The summed E-state index contributed by atoms with van der Waals surface area (Å²) in [5.41, 5.74) is 0. The minimum atomic E-state index is 0.0520. The first-order valence-corrected chi connectivity index (χ1v) is 23.9. The molecule has 0 radical (unpaired) electrons. The molecular formula is C46H94B2N4O4. The Morgan fingerprint density at radius 2 is 0.750 bits per heavy atom. The van der Waals surface area contributed by atoms with Crippen molar-refractivity contribution in [3.05, 3.63) is 24.3 Å². The van der Waals surface area contributed by atoms with Crippen LogP contribution in [0.5, 0.6) is 0 Å². The number of unbranched alkanes of at least 4 members (excludes halogenated alkanes) is 24. The first-order valence-electron chi connectivity index (χ1n) is 23.9. The van der Waals surface area contributed by atoms with E-state index in [2.05, 4.69) is 53.7 Å². The van der Waals surface area contributed by atoms with Crippen LogP contribution in [0.3, 0.4) is 0 Å². The Labute approximate surface area is 349 Å². The van der Waals surface area contributed by atoms with E-state index < -0.39 is 0 Å². The number of rotatable bonds is 46. The number of hydrogen-bond acceptors (Lipinski definition) is 8. The van der Waals surface area contributed by atoms with Gasteiger partial charge in [0.2, 0.25) is 0 Å². The van der Waals surface area contributed by atoms with Crippen molar-refractivity contribution in [2.75, 3.05) is 78.5 Å². The summed E-state index contributed by atoms with van der Waals surface area (Å²) in [6, 6.07) is 0. The summed E-state index contributed by atoms with van der Waals surface area (Å²) in [7, 11) is 1.82. The van der Waals surface area contributed by atoms with Crippen LogP contribution in [0.15, 0.2) is 24.3 Å². The Bertz CT molecular complexity index is 809. The van der Waals surface area contributed by atoms with Crippen molar-refractivity contribution in [2.45, 2.75) is 194 Å². The second-order valence-corrected chi connectivity index (χ2v) is 15.8. The molecule has 0 fully saturated rings. The molecule has 8 nitrogen and oxygen atoms in total. The van der Waals surface area contributed by atoms with Gasteiger partial charge in [0.05, 0.1) is 6.61 Å². The molecule has 4 N–H and O–H groups in total. The van der Waals surface area contributed by atoms with Crippen molar-refractivity contribution in [1.29, 1.82) is 0 Å². The topological polar surface area (TPSA) is 105 Å². The van der Waals surface area contributed by atoms with Gasteiger partial charge >= 0.3 is 141 Å². The smallest absolute Gasteiger partial charge is 0.0555 e. The number of hydrogen-bond donors (Lipinski definition) is 4. The molecule has 0 aliphatic carbocycles. The average molecular weight is 789 g/mol. The van der Waals surface area contributed by atoms with E-state index in [-0.39, 0.29) is 13.2 Å². The van der Waals surface area contributed by atoms with Gasteiger partial charge in [0, 0.05) is 19.6 Å². The summed E-state index contributed by atoms with van der Waals surface area (Å²) in [5.74, 6) is 0. The Hall–Kier alpha value is -1.03. The molecule has 0 aromatic rings. The molecule has 0 unspecified atom stereocenters. The summed E-state index contributed by atoms with van der Waals surface area (Å²) < 4.78 is 21.6. The maximum absolute atomic E-state index is 10.9. The van der Waals surface area contributed by atoms with E-state index in [1.165, 1.54) is 173 Å². The predicted molar refractivity (Wildman–Crippen MR) is 245 cm³/mol.